The number of nitrogens with zero attached hydrogens (tertiary/aromatic N) is 3. The summed E-state index contributed by atoms with van der Waals surface area (Å²) in [4.78, 5) is 88.2. The van der Waals surface area contributed by atoms with Crippen LogP contribution in [0, 0.1) is 17.8 Å². The van der Waals surface area contributed by atoms with Gasteiger partial charge in [-0.3, -0.25) is 39.1 Å². The number of hydrogen-bond donors (Lipinski definition) is 5. The largest absolute Gasteiger partial charge is 0.508 e. The van der Waals surface area contributed by atoms with Crippen LogP contribution in [0.2, 0.25) is 0 Å². The molecular formula is C43H67N7O9S. The maximum atomic E-state index is 14.8. The first-order chi connectivity index (χ1) is 28.5. The standard InChI is InChI=1S/C43H67N7O9S/c1-9-14-37(53)58-25-50(43(57)38(27(5)10-2)47-41(56)34-15-12-11-13-20-49(34)8)35(26(3)4)23-36(59-29(7)51)42-46-33(24-60-42)40(55)45-31(21-28(6)39(54)48-44)22-30-16-18-32(52)19-17-30/h16-19,24,26-28,31,34-36,38,52H,9-15,20-23,25,44H2,1-8H3,(H,45,55)(H,47,56)(H,48,54)/t27?,28-,31+,34+,35+,36+,38-/m0/s1. The Kier molecular flexibility index (Phi) is 20.4. The zero-order valence-electron chi connectivity index (χ0n) is 36.5. The van der Waals surface area contributed by atoms with Crippen molar-refractivity contribution in [2.45, 2.75) is 143 Å². The molecule has 6 N–H and O–H groups in total. The number of hydrazine groups is 1. The highest BCUT2D eigenvalue weighted by Gasteiger charge is 2.39. The van der Waals surface area contributed by atoms with Crippen molar-refractivity contribution < 1.29 is 43.3 Å². The number of amides is 4. The van der Waals surface area contributed by atoms with Crippen molar-refractivity contribution in [3.8, 4) is 5.75 Å². The predicted molar refractivity (Wildman–Crippen MR) is 228 cm³/mol. The van der Waals surface area contributed by atoms with Crippen LogP contribution in [0.4, 0.5) is 0 Å². The zero-order chi connectivity index (χ0) is 44.5. The maximum Gasteiger partial charge on any atom is 0.307 e. The zero-order valence-corrected chi connectivity index (χ0v) is 37.3. The second-order valence-corrected chi connectivity index (χ2v) is 17.2. The molecule has 334 valence electrons. The molecule has 1 aliphatic rings. The normalized spacial score (nSPS) is 17.5. The lowest BCUT2D eigenvalue weighted by Crippen LogP contribution is -2.58. The Bertz CT molecular complexity index is 1720. The second-order valence-electron chi connectivity index (χ2n) is 16.3. The van der Waals surface area contributed by atoms with Gasteiger partial charge >= 0.3 is 11.9 Å². The Morgan fingerprint density at radius 1 is 1.02 bits per heavy atom. The summed E-state index contributed by atoms with van der Waals surface area (Å²) in [5, 5.41) is 17.7. The van der Waals surface area contributed by atoms with Gasteiger partial charge in [0.2, 0.25) is 17.7 Å². The highest BCUT2D eigenvalue weighted by Crippen LogP contribution is 2.32. The number of carbonyl (C=O) groups excluding carboxylic acids is 6. The number of phenolic OH excluding ortho intramolecular Hbond substituents is 1. The molecule has 17 heteroatoms. The molecule has 1 aromatic heterocycles. The molecular weight excluding hydrogens is 791 g/mol. The van der Waals surface area contributed by atoms with E-state index in [9.17, 15) is 33.9 Å². The number of rotatable bonds is 22. The lowest BCUT2D eigenvalue weighted by atomic mass is 9.92. The number of benzene rings is 1. The number of esters is 2. The molecule has 1 unspecified atom stereocenters. The van der Waals surface area contributed by atoms with Crippen molar-refractivity contribution in [2.75, 3.05) is 20.3 Å². The molecule has 1 saturated heterocycles. The number of aromatic hydroxyl groups is 1. The van der Waals surface area contributed by atoms with Gasteiger partial charge in [0.05, 0.1) is 6.04 Å². The topological polar surface area (TPSA) is 223 Å². The number of aromatic nitrogens is 1. The minimum atomic E-state index is -1.000. The van der Waals surface area contributed by atoms with E-state index in [2.05, 4.69) is 21.0 Å². The molecule has 0 bridgehead atoms. The van der Waals surface area contributed by atoms with Crippen LogP contribution in [0.25, 0.3) is 0 Å². The summed E-state index contributed by atoms with van der Waals surface area (Å²) in [6.45, 7) is 12.9. The van der Waals surface area contributed by atoms with E-state index in [1.807, 2.05) is 46.6 Å². The van der Waals surface area contributed by atoms with E-state index in [1.54, 1.807) is 24.4 Å². The SMILES string of the molecule is CCCC(=O)OCN(C(=O)[C@@H](NC(=O)[C@H]1CCCCCN1C)C(C)CC)[C@H](C[C@@H](OC(C)=O)c1nc(C(=O)N[C@@H](Cc2ccc(O)cc2)C[C@H](C)C(=O)NN)cs1)C(C)C. The number of likely N-dealkylation sites (N-methyl/N-ethyl adjacent to an activating group) is 1. The van der Waals surface area contributed by atoms with Gasteiger partial charge < -0.3 is 30.1 Å². The van der Waals surface area contributed by atoms with Gasteiger partial charge in [0, 0.05) is 43.1 Å². The van der Waals surface area contributed by atoms with Crippen molar-refractivity contribution in [2.24, 2.45) is 23.6 Å². The van der Waals surface area contributed by atoms with E-state index in [4.69, 9.17) is 15.3 Å². The van der Waals surface area contributed by atoms with Crippen LogP contribution >= 0.6 is 11.3 Å². The molecule has 2 heterocycles. The first-order valence-corrected chi connectivity index (χ1v) is 22.1. The summed E-state index contributed by atoms with van der Waals surface area (Å²) < 4.78 is 11.5. The second kappa shape index (κ2) is 24.6. The molecule has 2 aromatic rings. The van der Waals surface area contributed by atoms with Crippen LogP contribution in [0.1, 0.15) is 133 Å². The van der Waals surface area contributed by atoms with Crippen molar-refractivity contribution in [1.29, 1.82) is 0 Å². The first-order valence-electron chi connectivity index (χ1n) is 21.2. The predicted octanol–water partition coefficient (Wildman–Crippen LogP) is 4.76. The van der Waals surface area contributed by atoms with E-state index >= 15 is 0 Å². The van der Waals surface area contributed by atoms with Crippen LogP contribution < -0.4 is 21.9 Å². The third kappa shape index (κ3) is 15.1. The molecule has 3 rings (SSSR count). The first kappa shape index (κ1) is 49.8. The fourth-order valence-corrected chi connectivity index (χ4v) is 8.24. The Balaban J connectivity index is 1.96. The van der Waals surface area contributed by atoms with E-state index in [0.29, 0.717) is 30.7 Å². The minimum Gasteiger partial charge on any atom is -0.508 e. The van der Waals surface area contributed by atoms with E-state index in [-0.39, 0.29) is 61.2 Å². The number of thiazole rings is 1. The van der Waals surface area contributed by atoms with Gasteiger partial charge in [-0.15, -0.1) is 11.3 Å². The summed E-state index contributed by atoms with van der Waals surface area (Å²) in [7, 11) is 1.92. The van der Waals surface area contributed by atoms with Crippen LogP contribution in [0.3, 0.4) is 0 Å². The molecule has 7 atom stereocenters. The minimum absolute atomic E-state index is 0.0462. The number of likely N-dealkylation sites (tertiary alicyclic amines) is 1. The van der Waals surface area contributed by atoms with E-state index in [0.717, 1.165) is 42.7 Å². The average Bonchev–Trinajstić information content (AvgIpc) is 3.61. The van der Waals surface area contributed by atoms with E-state index < -0.39 is 59.8 Å². The van der Waals surface area contributed by atoms with Crippen LogP contribution in [0.5, 0.6) is 5.75 Å². The monoisotopic (exact) mass is 857 g/mol. The van der Waals surface area contributed by atoms with Crippen LogP contribution in [-0.2, 0) is 39.9 Å². The highest BCUT2D eigenvalue weighted by molar-refractivity contribution is 7.09. The Hall–Kier alpha value is -4.61. The maximum absolute atomic E-state index is 14.8. The van der Waals surface area contributed by atoms with Gasteiger partial charge in [-0.1, -0.05) is 72.9 Å². The molecule has 0 saturated carbocycles. The van der Waals surface area contributed by atoms with Crippen molar-refractivity contribution in [3.63, 3.8) is 0 Å². The molecule has 0 spiro atoms. The smallest absolute Gasteiger partial charge is 0.307 e. The summed E-state index contributed by atoms with van der Waals surface area (Å²) >= 11 is 1.11. The number of hydrogen-bond acceptors (Lipinski definition) is 13. The van der Waals surface area contributed by atoms with Gasteiger partial charge in [0.15, 0.2) is 12.8 Å². The fourth-order valence-electron chi connectivity index (χ4n) is 7.40. The lowest BCUT2D eigenvalue weighted by Gasteiger charge is -2.39. The summed E-state index contributed by atoms with van der Waals surface area (Å²) in [5.41, 5.74) is 3.03. The number of carbonyl (C=O) groups is 6. The Morgan fingerprint density at radius 3 is 2.33 bits per heavy atom. The van der Waals surface area contributed by atoms with Gasteiger partial charge in [0.25, 0.3) is 5.91 Å². The number of ether oxygens (including phenoxy) is 2. The highest BCUT2D eigenvalue weighted by atomic mass is 32.1. The molecule has 0 aliphatic carbocycles. The summed E-state index contributed by atoms with van der Waals surface area (Å²) in [5.74, 6) is 1.77. The van der Waals surface area contributed by atoms with Crippen molar-refractivity contribution in [3.05, 3.63) is 45.9 Å². The van der Waals surface area contributed by atoms with Gasteiger partial charge in [-0.25, -0.2) is 10.8 Å². The number of phenols is 1. The molecule has 16 nitrogen and oxygen atoms in total. The fraction of sp³-hybridized carbons (Fsp3) is 0.651. The van der Waals surface area contributed by atoms with E-state index in [1.165, 1.54) is 24.0 Å². The van der Waals surface area contributed by atoms with Crippen molar-refractivity contribution in [1.82, 2.24) is 30.8 Å². The van der Waals surface area contributed by atoms with Gasteiger partial charge in [-0.05, 0) is 75.2 Å². The average molecular weight is 858 g/mol. The number of nitrogens with two attached hydrogens (primary N) is 1. The Morgan fingerprint density at radius 2 is 1.72 bits per heavy atom. The molecule has 1 aliphatic heterocycles. The summed E-state index contributed by atoms with van der Waals surface area (Å²) in [6, 6.07) is 4.03. The lowest BCUT2D eigenvalue weighted by molar-refractivity contribution is -0.160. The molecule has 60 heavy (non-hydrogen) atoms. The molecule has 0 radical (unpaired) electrons. The Labute approximate surface area is 358 Å². The molecule has 1 fully saturated rings. The quantitative estimate of drug-likeness (QED) is 0.0356. The summed E-state index contributed by atoms with van der Waals surface area (Å²) in [6.07, 6.45) is 4.54. The third-order valence-corrected chi connectivity index (χ3v) is 12.1. The van der Waals surface area contributed by atoms with Crippen LogP contribution in [0.15, 0.2) is 29.6 Å². The van der Waals surface area contributed by atoms with Gasteiger partial charge in [-0.2, -0.15) is 0 Å². The molecule has 4 amide bonds. The van der Waals surface area contributed by atoms with Crippen molar-refractivity contribution >= 4 is 46.9 Å². The number of nitrogens with one attached hydrogen (secondary N) is 3. The van der Waals surface area contributed by atoms with Gasteiger partial charge in [0.1, 0.15) is 22.5 Å². The van der Waals surface area contributed by atoms with Crippen LogP contribution in [-0.4, -0.2) is 99.9 Å². The third-order valence-electron chi connectivity index (χ3n) is 11.1. The molecule has 1 aromatic carbocycles.